The van der Waals surface area contributed by atoms with Crippen LogP contribution in [0.15, 0.2) is 24.3 Å². The molecule has 0 spiro atoms. The minimum Gasteiger partial charge on any atom is -0.392 e. The molecule has 1 saturated heterocycles. The zero-order valence-corrected chi connectivity index (χ0v) is 14.7. The van der Waals surface area contributed by atoms with Crippen molar-refractivity contribution in [2.24, 2.45) is 0 Å². The Bertz CT molecular complexity index is 518. The van der Waals surface area contributed by atoms with Crippen molar-refractivity contribution in [2.75, 3.05) is 20.1 Å². The standard InChI is InChI=1S/C19H30N2O2/c1-4-18(22)17-11-7-8-12-21(17)14-19(23)20(3)13-16-10-6-5-9-15(16)2/h5-6,9-10,17-18,22H,4,7-8,11-14H2,1-3H3. The Balaban J connectivity index is 1.95. The monoisotopic (exact) mass is 318 g/mol. The molecule has 1 N–H and O–H groups in total. The molecule has 2 atom stereocenters. The summed E-state index contributed by atoms with van der Waals surface area (Å²) in [5.41, 5.74) is 2.40. The number of aliphatic hydroxyl groups is 1. The minimum absolute atomic E-state index is 0.128. The second kappa shape index (κ2) is 8.46. The molecule has 1 aromatic carbocycles. The molecule has 0 aromatic heterocycles. The first-order valence-electron chi connectivity index (χ1n) is 8.73. The number of carbonyl (C=O) groups is 1. The third-order valence-electron chi connectivity index (χ3n) is 4.96. The van der Waals surface area contributed by atoms with Crippen molar-refractivity contribution in [3.05, 3.63) is 35.4 Å². The lowest BCUT2D eigenvalue weighted by atomic mass is 9.96. The van der Waals surface area contributed by atoms with E-state index in [4.69, 9.17) is 0 Å². The van der Waals surface area contributed by atoms with E-state index >= 15 is 0 Å². The fourth-order valence-corrected chi connectivity index (χ4v) is 3.35. The summed E-state index contributed by atoms with van der Waals surface area (Å²) in [4.78, 5) is 16.6. The lowest BCUT2D eigenvalue weighted by Crippen LogP contribution is -2.50. The van der Waals surface area contributed by atoms with E-state index in [9.17, 15) is 9.90 Å². The number of likely N-dealkylation sites (N-methyl/N-ethyl adjacent to an activating group) is 1. The summed E-state index contributed by atoms with van der Waals surface area (Å²) in [5, 5.41) is 10.2. The Hall–Kier alpha value is -1.39. The summed E-state index contributed by atoms with van der Waals surface area (Å²) in [6, 6.07) is 8.31. The molecular weight excluding hydrogens is 288 g/mol. The SMILES string of the molecule is CCC(O)C1CCCCN1CC(=O)N(C)Cc1ccccc1C. The predicted octanol–water partition coefficient (Wildman–Crippen LogP) is 2.58. The second-order valence-electron chi connectivity index (χ2n) is 6.69. The number of benzene rings is 1. The van der Waals surface area contributed by atoms with Gasteiger partial charge in [0.15, 0.2) is 0 Å². The van der Waals surface area contributed by atoms with E-state index in [1.807, 2.05) is 26.1 Å². The number of piperidine rings is 1. The molecule has 0 bridgehead atoms. The van der Waals surface area contributed by atoms with Crippen molar-refractivity contribution in [3.63, 3.8) is 0 Å². The van der Waals surface area contributed by atoms with Gasteiger partial charge >= 0.3 is 0 Å². The Morgan fingerprint density at radius 1 is 1.39 bits per heavy atom. The van der Waals surface area contributed by atoms with Crippen LogP contribution in [0, 0.1) is 6.92 Å². The number of rotatable bonds is 6. The van der Waals surface area contributed by atoms with Gasteiger partial charge in [0.1, 0.15) is 0 Å². The highest BCUT2D eigenvalue weighted by Gasteiger charge is 2.29. The normalized spacial score (nSPS) is 20.3. The average molecular weight is 318 g/mol. The molecule has 23 heavy (non-hydrogen) atoms. The van der Waals surface area contributed by atoms with Gasteiger partial charge in [-0.1, -0.05) is 37.6 Å². The van der Waals surface area contributed by atoms with Gasteiger partial charge in [-0.3, -0.25) is 9.69 Å². The van der Waals surface area contributed by atoms with E-state index in [0.29, 0.717) is 13.1 Å². The van der Waals surface area contributed by atoms with Crippen LogP contribution in [-0.2, 0) is 11.3 Å². The van der Waals surface area contributed by atoms with Gasteiger partial charge in [0, 0.05) is 19.6 Å². The number of aryl methyl sites for hydroxylation is 1. The lowest BCUT2D eigenvalue weighted by molar-refractivity contribution is -0.133. The average Bonchev–Trinajstić information content (AvgIpc) is 2.56. The van der Waals surface area contributed by atoms with Crippen molar-refractivity contribution in [2.45, 2.75) is 58.2 Å². The van der Waals surface area contributed by atoms with E-state index < -0.39 is 0 Å². The van der Waals surface area contributed by atoms with Gasteiger partial charge in [-0.05, 0) is 43.9 Å². The summed E-state index contributed by atoms with van der Waals surface area (Å²) >= 11 is 0. The number of nitrogens with zero attached hydrogens (tertiary/aromatic N) is 2. The summed E-state index contributed by atoms with van der Waals surface area (Å²) in [6.07, 6.45) is 3.66. The number of likely N-dealkylation sites (tertiary alicyclic amines) is 1. The van der Waals surface area contributed by atoms with E-state index in [2.05, 4.69) is 24.0 Å². The molecule has 0 saturated carbocycles. The largest absolute Gasteiger partial charge is 0.392 e. The van der Waals surface area contributed by atoms with Gasteiger partial charge in [-0.15, -0.1) is 0 Å². The first kappa shape index (κ1) is 18.0. The van der Waals surface area contributed by atoms with Crippen molar-refractivity contribution >= 4 is 5.91 Å². The molecule has 4 heteroatoms. The lowest BCUT2D eigenvalue weighted by Gasteiger charge is -2.38. The molecular formula is C19H30N2O2. The molecule has 0 aliphatic carbocycles. The van der Waals surface area contributed by atoms with Gasteiger partial charge in [-0.25, -0.2) is 0 Å². The first-order chi connectivity index (χ1) is 11.0. The molecule has 1 amide bonds. The van der Waals surface area contributed by atoms with Gasteiger partial charge in [-0.2, -0.15) is 0 Å². The van der Waals surface area contributed by atoms with E-state index in [1.165, 1.54) is 11.1 Å². The van der Waals surface area contributed by atoms with Crippen LogP contribution in [0.2, 0.25) is 0 Å². The molecule has 1 heterocycles. The van der Waals surface area contributed by atoms with Crippen LogP contribution in [0.3, 0.4) is 0 Å². The molecule has 1 aliphatic heterocycles. The maximum absolute atomic E-state index is 12.6. The smallest absolute Gasteiger partial charge is 0.236 e. The van der Waals surface area contributed by atoms with Crippen molar-refractivity contribution in [3.8, 4) is 0 Å². The summed E-state index contributed by atoms with van der Waals surface area (Å²) in [6.45, 7) is 6.03. The molecule has 0 radical (unpaired) electrons. The van der Waals surface area contributed by atoms with Gasteiger partial charge in [0.2, 0.25) is 5.91 Å². The number of hydrogen-bond donors (Lipinski definition) is 1. The maximum Gasteiger partial charge on any atom is 0.236 e. The summed E-state index contributed by atoms with van der Waals surface area (Å²) < 4.78 is 0. The van der Waals surface area contributed by atoms with Crippen molar-refractivity contribution in [1.29, 1.82) is 0 Å². The fraction of sp³-hybridized carbons (Fsp3) is 0.632. The molecule has 4 nitrogen and oxygen atoms in total. The minimum atomic E-state index is -0.329. The molecule has 1 aliphatic rings. The van der Waals surface area contributed by atoms with Crippen LogP contribution in [0.25, 0.3) is 0 Å². The third-order valence-corrected chi connectivity index (χ3v) is 4.96. The number of carbonyl (C=O) groups excluding carboxylic acids is 1. The van der Waals surface area contributed by atoms with Crippen molar-refractivity contribution < 1.29 is 9.90 Å². The Labute approximate surface area is 140 Å². The fourth-order valence-electron chi connectivity index (χ4n) is 3.35. The van der Waals surface area contributed by atoms with Crippen molar-refractivity contribution in [1.82, 2.24) is 9.80 Å². The van der Waals surface area contributed by atoms with Gasteiger partial charge < -0.3 is 10.0 Å². The van der Waals surface area contributed by atoms with E-state index in [1.54, 1.807) is 4.90 Å². The predicted molar refractivity (Wildman–Crippen MR) is 93.2 cm³/mol. The highest BCUT2D eigenvalue weighted by atomic mass is 16.3. The van der Waals surface area contributed by atoms with Gasteiger partial charge in [0.25, 0.3) is 0 Å². The van der Waals surface area contributed by atoms with Crippen LogP contribution >= 0.6 is 0 Å². The van der Waals surface area contributed by atoms with Crippen LogP contribution in [0.4, 0.5) is 0 Å². The maximum atomic E-state index is 12.6. The van der Waals surface area contributed by atoms with E-state index in [0.717, 1.165) is 32.2 Å². The topological polar surface area (TPSA) is 43.8 Å². The highest BCUT2D eigenvalue weighted by molar-refractivity contribution is 5.78. The highest BCUT2D eigenvalue weighted by Crippen LogP contribution is 2.21. The molecule has 128 valence electrons. The van der Waals surface area contributed by atoms with Crippen LogP contribution < -0.4 is 0 Å². The Morgan fingerprint density at radius 3 is 2.83 bits per heavy atom. The van der Waals surface area contributed by atoms with Crippen LogP contribution in [0.1, 0.15) is 43.7 Å². The van der Waals surface area contributed by atoms with E-state index in [-0.39, 0.29) is 18.1 Å². The first-order valence-corrected chi connectivity index (χ1v) is 8.73. The third kappa shape index (κ3) is 4.79. The van der Waals surface area contributed by atoms with Crippen LogP contribution in [0.5, 0.6) is 0 Å². The number of aliphatic hydroxyl groups excluding tert-OH is 1. The summed E-state index contributed by atoms with van der Waals surface area (Å²) in [5.74, 6) is 0.128. The quantitative estimate of drug-likeness (QED) is 0.877. The Kier molecular flexibility index (Phi) is 6.60. The number of hydrogen-bond acceptors (Lipinski definition) is 3. The van der Waals surface area contributed by atoms with Gasteiger partial charge in [0.05, 0.1) is 12.6 Å². The zero-order valence-electron chi connectivity index (χ0n) is 14.7. The molecule has 2 rings (SSSR count). The molecule has 1 aromatic rings. The summed E-state index contributed by atoms with van der Waals surface area (Å²) in [7, 11) is 1.87. The molecule has 1 fully saturated rings. The van der Waals surface area contributed by atoms with Crippen LogP contribution in [-0.4, -0.2) is 53.1 Å². The number of amides is 1. The Morgan fingerprint density at radius 2 is 2.13 bits per heavy atom. The molecule has 2 unspecified atom stereocenters. The second-order valence-corrected chi connectivity index (χ2v) is 6.69. The zero-order chi connectivity index (χ0) is 16.8.